The van der Waals surface area contributed by atoms with E-state index in [2.05, 4.69) is 10.9 Å². The number of terminal acetylenes is 1. The maximum absolute atomic E-state index is 5.73. The molecule has 0 radical (unpaired) electrons. The number of aromatic nitrogens is 1. The van der Waals surface area contributed by atoms with Crippen molar-refractivity contribution in [1.82, 2.24) is 4.98 Å². The molecule has 1 aromatic heterocycles. The molecule has 62 valence electrons. The lowest BCUT2D eigenvalue weighted by Gasteiger charge is -2.16. The molecule has 0 saturated heterocycles. The molecule has 0 amide bonds. The van der Waals surface area contributed by atoms with Gasteiger partial charge in [-0.2, -0.15) is 0 Å². The van der Waals surface area contributed by atoms with Gasteiger partial charge in [0.2, 0.25) is 0 Å². The van der Waals surface area contributed by atoms with Gasteiger partial charge >= 0.3 is 0 Å². The molecule has 0 spiro atoms. The molecule has 0 bridgehead atoms. The molecule has 0 unspecified atom stereocenters. The van der Waals surface area contributed by atoms with Crippen LogP contribution in [0.15, 0.2) is 18.2 Å². The molecule has 0 fully saturated rings. The maximum Gasteiger partial charge on any atom is 0.129 e. The average molecular weight is 180 g/mol. The average Bonchev–Trinajstić information content (AvgIpc) is 2.05. The van der Waals surface area contributed by atoms with E-state index >= 15 is 0 Å². The second-order valence-corrected chi connectivity index (χ2v) is 3.50. The van der Waals surface area contributed by atoms with Crippen molar-refractivity contribution in [2.45, 2.75) is 19.3 Å². The molecule has 1 aromatic rings. The summed E-state index contributed by atoms with van der Waals surface area (Å²) in [5, 5.41) is 0.482. The van der Waals surface area contributed by atoms with Crippen molar-refractivity contribution < 1.29 is 0 Å². The Bertz CT molecular complexity index is 323. The molecule has 0 aliphatic rings. The summed E-state index contributed by atoms with van der Waals surface area (Å²) in [5.41, 5.74) is 0.489. The third kappa shape index (κ3) is 1.78. The second kappa shape index (κ2) is 3.16. The topological polar surface area (TPSA) is 12.9 Å². The van der Waals surface area contributed by atoms with Crippen molar-refractivity contribution in [3.8, 4) is 12.3 Å². The zero-order chi connectivity index (χ0) is 9.19. The van der Waals surface area contributed by atoms with E-state index in [4.69, 9.17) is 18.0 Å². The van der Waals surface area contributed by atoms with Gasteiger partial charge in [0.1, 0.15) is 5.15 Å². The Labute approximate surface area is 77.8 Å². The molecule has 12 heavy (non-hydrogen) atoms. The smallest absolute Gasteiger partial charge is 0.129 e. The monoisotopic (exact) mass is 179 g/mol. The van der Waals surface area contributed by atoms with Gasteiger partial charge in [0.25, 0.3) is 0 Å². The van der Waals surface area contributed by atoms with Gasteiger partial charge in [-0.3, -0.25) is 0 Å². The van der Waals surface area contributed by atoms with Crippen LogP contribution in [0.4, 0.5) is 0 Å². The highest BCUT2D eigenvalue weighted by Crippen LogP contribution is 2.20. The standard InChI is InChI=1S/C10H10ClN/c1-4-10(2,3)8-6-5-7-9(11)12-8/h1,5-7H,2-3H3. The minimum atomic E-state index is -0.342. The Balaban J connectivity index is 3.14. The fourth-order valence-electron chi connectivity index (χ4n) is 0.830. The van der Waals surface area contributed by atoms with Crippen LogP contribution in [-0.4, -0.2) is 4.98 Å². The summed E-state index contributed by atoms with van der Waals surface area (Å²) >= 11 is 5.73. The van der Waals surface area contributed by atoms with Crippen molar-refractivity contribution in [3.63, 3.8) is 0 Å². The quantitative estimate of drug-likeness (QED) is 0.477. The highest BCUT2D eigenvalue weighted by molar-refractivity contribution is 6.29. The van der Waals surface area contributed by atoms with Crippen molar-refractivity contribution in [2.24, 2.45) is 0 Å². The van der Waals surface area contributed by atoms with Crippen LogP contribution in [0.25, 0.3) is 0 Å². The van der Waals surface area contributed by atoms with Gasteiger partial charge in [0, 0.05) is 0 Å². The fraction of sp³-hybridized carbons (Fsp3) is 0.300. The zero-order valence-corrected chi connectivity index (χ0v) is 7.89. The third-order valence-electron chi connectivity index (χ3n) is 1.72. The predicted octanol–water partition coefficient (Wildman–Crippen LogP) is 2.65. The molecule has 0 aliphatic carbocycles. The third-order valence-corrected chi connectivity index (χ3v) is 1.93. The van der Waals surface area contributed by atoms with Crippen LogP contribution in [0, 0.1) is 12.3 Å². The van der Waals surface area contributed by atoms with Crippen LogP contribution in [0.3, 0.4) is 0 Å². The minimum absolute atomic E-state index is 0.342. The number of hydrogen-bond acceptors (Lipinski definition) is 1. The number of rotatable bonds is 1. The lowest BCUT2D eigenvalue weighted by atomic mass is 9.90. The largest absolute Gasteiger partial charge is 0.240 e. The van der Waals surface area contributed by atoms with E-state index in [1.165, 1.54) is 0 Å². The summed E-state index contributed by atoms with van der Waals surface area (Å²) in [4.78, 5) is 4.14. The van der Waals surface area contributed by atoms with Gasteiger partial charge in [0.15, 0.2) is 0 Å². The SMILES string of the molecule is C#CC(C)(C)c1cccc(Cl)n1. The Morgan fingerprint density at radius 1 is 1.50 bits per heavy atom. The highest BCUT2D eigenvalue weighted by atomic mass is 35.5. The van der Waals surface area contributed by atoms with Gasteiger partial charge in [-0.15, -0.1) is 6.42 Å². The molecule has 0 aromatic carbocycles. The zero-order valence-electron chi connectivity index (χ0n) is 7.13. The second-order valence-electron chi connectivity index (χ2n) is 3.11. The summed E-state index contributed by atoms with van der Waals surface area (Å²) in [6, 6.07) is 5.47. The van der Waals surface area contributed by atoms with Gasteiger partial charge in [-0.25, -0.2) is 4.98 Å². The van der Waals surface area contributed by atoms with Crippen LogP contribution >= 0.6 is 11.6 Å². The summed E-state index contributed by atoms with van der Waals surface area (Å²) in [7, 11) is 0. The van der Waals surface area contributed by atoms with Crippen molar-refractivity contribution in [1.29, 1.82) is 0 Å². The molecule has 1 rings (SSSR count). The van der Waals surface area contributed by atoms with E-state index in [1.54, 1.807) is 6.07 Å². The molecular formula is C10H10ClN. The van der Waals surface area contributed by atoms with Crippen molar-refractivity contribution in [3.05, 3.63) is 29.0 Å². The highest BCUT2D eigenvalue weighted by Gasteiger charge is 2.18. The summed E-state index contributed by atoms with van der Waals surface area (Å²) in [6.45, 7) is 3.87. The van der Waals surface area contributed by atoms with Crippen LogP contribution in [-0.2, 0) is 5.41 Å². The summed E-state index contributed by atoms with van der Waals surface area (Å²) in [5.74, 6) is 2.66. The minimum Gasteiger partial charge on any atom is -0.240 e. The van der Waals surface area contributed by atoms with Crippen LogP contribution in [0.5, 0.6) is 0 Å². The molecule has 2 heteroatoms. The predicted molar refractivity (Wildman–Crippen MR) is 51.1 cm³/mol. The summed E-state index contributed by atoms with van der Waals surface area (Å²) in [6.07, 6.45) is 5.36. The molecule has 0 saturated carbocycles. The van der Waals surface area contributed by atoms with E-state index in [-0.39, 0.29) is 5.41 Å². The van der Waals surface area contributed by atoms with E-state index in [0.717, 1.165) is 5.69 Å². The Kier molecular flexibility index (Phi) is 2.40. The maximum atomic E-state index is 5.73. The molecule has 1 nitrogen and oxygen atoms in total. The number of hydrogen-bond donors (Lipinski definition) is 0. The molecular weight excluding hydrogens is 170 g/mol. The van der Waals surface area contributed by atoms with Gasteiger partial charge in [-0.1, -0.05) is 23.6 Å². The Morgan fingerprint density at radius 3 is 2.67 bits per heavy atom. The van der Waals surface area contributed by atoms with Crippen LogP contribution in [0.1, 0.15) is 19.5 Å². The van der Waals surface area contributed by atoms with E-state index in [9.17, 15) is 0 Å². The van der Waals surface area contributed by atoms with E-state index < -0.39 is 0 Å². The van der Waals surface area contributed by atoms with E-state index in [1.807, 2.05) is 26.0 Å². The molecule has 1 heterocycles. The molecule has 0 aliphatic heterocycles. The molecule has 0 atom stereocenters. The first-order chi connectivity index (χ1) is 5.56. The number of nitrogens with zero attached hydrogens (tertiary/aromatic N) is 1. The molecule has 0 N–H and O–H groups in total. The van der Waals surface area contributed by atoms with Gasteiger partial charge < -0.3 is 0 Å². The Hall–Kier alpha value is -1.00. The van der Waals surface area contributed by atoms with Crippen molar-refractivity contribution >= 4 is 11.6 Å². The van der Waals surface area contributed by atoms with Crippen molar-refractivity contribution in [2.75, 3.05) is 0 Å². The first-order valence-electron chi connectivity index (χ1n) is 3.67. The Morgan fingerprint density at radius 2 is 2.17 bits per heavy atom. The van der Waals surface area contributed by atoms with Crippen LogP contribution < -0.4 is 0 Å². The fourth-order valence-corrected chi connectivity index (χ4v) is 0.994. The first kappa shape index (κ1) is 9.09. The van der Waals surface area contributed by atoms with Crippen LogP contribution in [0.2, 0.25) is 5.15 Å². The summed E-state index contributed by atoms with van der Waals surface area (Å²) < 4.78 is 0. The lowest BCUT2D eigenvalue weighted by Crippen LogP contribution is -2.15. The van der Waals surface area contributed by atoms with Gasteiger partial charge in [0.05, 0.1) is 11.1 Å². The lowest BCUT2D eigenvalue weighted by molar-refractivity contribution is 0.670. The van der Waals surface area contributed by atoms with E-state index in [0.29, 0.717) is 5.15 Å². The number of halogens is 1. The number of pyridine rings is 1. The van der Waals surface area contributed by atoms with Gasteiger partial charge in [-0.05, 0) is 26.0 Å². The first-order valence-corrected chi connectivity index (χ1v) is 4.05. The normalized spacial score (nSPS) is 10.8.